The van der Waals surface area contributed by atoms with E-state index in [-0.39, 0.29) is 12.1 Å². The molecule has 0 saturated carbocycles. The van der Waals surface area contributed by atoms with Crippen molar-refractivity contribution in [2.45, 2.75) is 25.5 Å². The number of fused-ring (bicyclic) bond motifs is 1. The average molecular weight is 428 g/mol. The van der Waals surface area contributed by atoms with Gasteiger partial charge in [0.25, 0.3) is 5.19 Å². The van der Waals surface area contributed by atoms with E-state index in [1.54, 1.807) is 14.2 Å². The van der Waals surface area contributed by atoms with Gasteiger partial charge in [-0.05, 0) is 29.8 Å². The van der Waals surface area contributed by atoms with Crippen molar-refractivity contribution in [3.63, 3.8) is 0 Å². The second kappa shape index (κ2) is 9.21. The summed E-state index contributed by atoms with van der Waals surface area (Å²) in [5.74, 6) is 1.59. The van der Waals surface area contributed by atoms with Crippen molar-refractivity contribution in [3.05, 3.63) is 48.0 Å². The number of carbonyl (C=O) groups excluding carboxylic acids is 1. The Morgan fingerprint density at radius 1 is 1.10 bits per heavy atom. The van der Waals surface area contributed by atoms with Crippen molar-refractivity contribution in [2.75, 3.05) is 27.3 Å². The van der Waals surface area contributed by atoms with Gasteiger partial charge >= 0.3 is 6.03 Å². The van der Waals surface area contributed by atoms with Gasteiger partial charge in [-0.25, -0.2) is 9.78 Å². The number of hydrogen-bond acceptors (Lipinski definition) is 6. The summed E-state index contributed by atoms with van der Waals surface area (Å²) in [6.07, 6.45) is 1.64. The third kappa shape index (κ3) is 4.76. The van der Waals surface area contributed by atoms with Gasteiger partial charge in [0.1, 0.15) is 17.6 Å². The molecule has 7 nitrogen and oxygen atoms in total. The lowest BCUT2D eigenvalue weighted by Crippen LogP contribution is -2.46. The molecule has 1 N–H and O–H groups in total. The Bertz CT molecular complexity index is 997. The highest BCUT2D eigenvalue weighted by atomic mass is 32.1. The van der Waals surface area contributed by atoms with E-state index in [0.717, 1.165) is 40.1 Å². The highest BCUT2D eigenvalue weighted by Gasteiger charge is 2.24. The maximum absolute atomic E-state index is 12.5. The van der Waals surface area contributed by atoms with E-state index in [0.29, 0.717) is 24.8 Å². The molecule has 1 aliphatic heterocycles. The third-order valence-corrected chi connectivity index (χ3v) is 6.10. The van der Waals surface area contributed by atoms with Gasteiger partial charge in [-0.1, -0.05) is 23.5 Å². The quantitative estimate of drug-likeness (QED) is 0.642. The topological polar surface area (TPSA) is 72.9 Å². The Morgan fingerprint density at radius 3 is 2.50 bits per heavy atom. The molecule has 0 bridgehead atoms. The molecule has 0 atom stereocenters. The molecule has 1 fully saturated rings. The number of nitrogens with zero attached hydrogens (tertiary/aromatic N) is 2. The van der Waals surface area contributed by atoms with Crippen molar-refractivity contribution in [2.24, 2.45) is 0 Å². The lowest BCUT2D eigenvalue weighted by molar-refractivity contribution is 0.111. The van der Waals surface area contributed by atoms with Crippen LogP contribution in [0.15, 0.2) is 42.5 Å². The summed E-state index contributed by atoms with van der Waals surface area (Å²) in [6, 6.07) is 13.5. The number of urea groups is 1. The smallest absolute Gasteiger partial charge is 0.317 e. The molecule has 2 amide bonds. The monoisotopic (exact) mass is 427 g/mol. The lowest BCUT2D eigenvalue weighted by Gasteiger charge is -2.31. The van der Waals surface area contributed by atoms with Crippen LogP contribution in [0.4, 0.5) is 4.79 Å². The van der Waals surface area contributed by atoms with Gasteiger partial charge in [0, 0.05) is 38.5 Å². The lowest BCUT2D eigenvalue weighted by atomic mass is 10.1. The fourth-order valence-electron chi connectivity index (χ4n) is 3.42. The first kappa shape index (κ1) is 20.3. The molecular weight excluding hydrogens is 402 g/mol. The zero-order valence-electron chi connectivity index (χ0n) is 17.1. The van der Waals surface area contributed by atoms with Crippen LogP contribution in [0.1, 0.15) is 18.4 Å². The van der Waals surface area contributed by atoms with Crippen molar-refractivity contribution < 1.29 is 19.0 Å². The molecular formula is C22H25N3O4S. The minimum Gasteiger partial charge on any atom is -0.497 e. The van der Waals surface area contributed by atoms with Gasteiger partial charge in [-0.2, -0.15) is 0 Å². The largest absolute Gasteiger partial charge is 0.497 e. The number of aromatic nitrogens is 1. The van der Waals surface area contributed by atoms with Gasteiger partial charge in [0.15, 0.2) is 0 Å². The Morgan fingerprint density at radius 2 is 1.80 bits per heavy atom. The number of thiazole rings is 1. The number of piperidine rings is 1. The summed E-state index contributed by atoms with van der Waals surface area (Å²) < 4.78 is 17.6. The summed E-state index contributed by atoms with van der Waals surface area (Å²) in [6.45, 7) is 1.82. The SMILES string of the molecule is COc1ccc(CNC(=O)N2CCC(Oc3nc4cc(OC)ccc4s3)CC2)cc1. The zero-order chi connectivity index (χ0) is 20.9. The van der Waals surface area contributed by atoms with Gasteiger partial charge in [0.05, 0.1) is 24.4 Å². The molecule has 1 aromatic heterocycles. The number of carbonyl (C=O) groups is 1. The van der Waals surface area contributed by atoms with E-state index in [4.69, 9.17) is 14.2 Å². The van der Waals surface area contributed by atoms with Crippen LogP contribution in [0.2, 0.25) is 0 Å². The minimum absolute atomic E-state index is 0.0450. The molecule has 158 valence electrons. The highest BCUT2D eigenvalue weighted by molar-refractivity contribution is 7.20. The minimum atomic E-state index is -0.0450. The molecule has 0 spiro atoms. The predicted octanol–water partition coefficient (Wildman–Crippen LogP) is 4.07. The fourth-order valence-corrected chi connectivity index (χ4v) is 4.28. The standard InChI is InChI=1S/C22H25N3O4S/c1-27-16-5-3-15(4-6-16)14-23-21(26)25-11-9-17(10-12-25)29-22-24-19-13-18(28-2)7-8-20(19)30-22/h3-8,13,17H,9-12,14H2,1-2H3,(H,23,26). The zero-order valence-corrected chi connectivity index (χ0v) is 17.9. The first-order valence-electron chi connectivity index (χ1n) is 9.91. The van der Waals surface area contributed by atoms with E-state index in [2.05, 4.69) is 10.3 Å². The van der Waals surface area contributed by atoms with Crippen molar-refractivity contribution >= 4 is 27.6 Å². The Hall–Kier alpha value is -3.00. The first-order chi connectivity index (χ1) is 14.6. The maximum atomic E-state index is 12.5. The highest BCUT2D eigenvalue weighted by Crippen LogP contribution is 2.31. The normalized spacial score (nSPS) is 14.5. The molecule has 3 aromatic rings. The molecule has 2 heterocycles. The number of nitrogens with one attached hydrogen (secondary N) is 1. The third-order valence-electron chi connectivity index (χ3n) is 5.17. The fraction of sp³-hybridized carbons (Fsp3) is 0.364. The number of ether oxygens (including phenoxy) is 3. The Kier molecular flexibility index (Phi) is 6.23. The van der Waals surface area contributed by atoms with Crippen LogP contribution in [-0.4, -0.2) is 49.3 Å². The molecule has 2 aromatic carbocycles. The maximum Gasteiger partial charge on any atom is 0.317 e. The van der Waals surface area contributed by atoms with Crippen LogP contribution in [0.25, 0.3) is 10.2 Å². The summed E-state index contributed by atoms with van der Waals surface area (Å²) in [5, 5.41) is 3.65. The van der Waals surface area contributed by atoms with Gasteiger partial charge in [0.2, 0.25) is 0 Å². The number of hydrogen-bond donors (Lipinski definition) is 1. The van der Waals surface area contributed by atoms with E-state index in [1.165, 1.54) is 11.3 Å². The van der Waals surface area contributed by atoms with E-state index in [9.17, 15) is 4.79 Å². The van der Waals surface area contributed by atoms with Crippen LogP contribution < -0.4 is 19.5 Å². The van der Waals surface area contributed by atoms with Crippen LogP contribution in [-0.2, 0) is 6.54 Å². The van der Waals surface area contributed by atoms with Crippen LogP contribution in [0, 0.1) is 0 Å². The van der Waals surface area contributed by atoms with Gasteiger partial charge in [-0.3, -0.25) is 0 Å². The molecule has 8 heteroatoms. The summed E-state index contributed by atoms with van der Waals surface area (Å²) in [5.41, 5.74) is 1.92. The molecule has 1 aliphatic rings. The molecule has 30 heavy (non-hydrogen) atoms. The Balaban J connectivity index is 1.25. The number of amides is 2. The Labute approximate surface area is 179 Å². The van der Waals surface area contributed by atoms with Gasteiger partial charge < -0.3 is 24.4 Å². The molecule has 0 radical (unpaired) electrons. The van der Waals surface area contributed by atoms with Crippen molar-refractivity contribution in [1.29, 1.82) is 0 Å². The van der Waals surface area contributed by atoms with Crippen molar-refractivity contribution in [1.82, 2.24) is 15.2 Å². The average Bonchev–Trinajstić information content (AvgIpc) is 3.19. The van der Waals surface area contributed by atoms with Crippen LogP contribution >= 0.6 is 11.3 Å². The van der Waals surface area contributed by atoms with E-state index >= 15 is 0 Å². The van der Waals surface area contributed by atoms with E-state index < -0.39 is 0 Å². The summed E-state index contributed by atoms with van der Waals surface area (Å²) in [4.78, 5) is 18.9. The number of likely N-dealkylation sites (tertiary alicyclic amines) is 1. The molecule has 4 rings (SSSR count). The van der Waals surface area contributed by atoms with Crippen molar-refractivity contribution in [3.8, 4) is 16.7 Å². The van der Waals surface area contributed by atoms with Crippen LogP contribution in [0.5, 0.6) is 16.7 Å². The predicted molar refractivity (Wildman–Crippen MR) is 117 cm³/mol. The molecule has 1 saturated heterocycles. The number of benzene rings is 2. The summed E-state index contributed by atoms with van der Waals surface area (Å²) in [7, 11) is 3.28. The second-order valence-electron chi connectivity index (χ2n) is 7.12. The second-order valence-corrected chi connectivity index (χ2v) is 8.12. The summed E-state index contributed by atoms with van der Waals surface area (Å²) >= 11 is 1.53. The molecule has 0 unspecified atom stereocenters. The molecule has 0 aliphatic carbocycles. The van der Waals surface area contributed by atoms with Gasteiger partial charge in [-0.15, -0.1) is 0 Å². The number of methoxy groups -OCH3 is 2. The number of rotatable bonds is 6. The van der Waals surface area contributed by atoms with Crippen LogP contribution in [0.3, 0.4) is 0 Å². The first-order valence-corrected chi connectivity index (χ1v) is 10.7. The van der Waals surface area contributed by atoms with E-state index in [1.807, 2.05) is 47.4 Å².